The topological polar surface area (TPSA) is 9.23 Å². The summed E-state index contributed by atoms with van der Waals surface area (Å²) < 4.78 is 5.67. The predicted molar refractivity (Wildman–Crippen MR) is 78.4 cm³/mol. The molecular weight excluding hydrogens is 228 g/mol. The molecule has 0 radical (unpaired) electrons. The van der Waals surface area contributed by atoms with Gasteiger partial charge in [-0.2, -0.15) is 12.6 Å². The molecule has 0 aromatic heterocycles. The van der Waals surface area contributed by atoms with Crippen LogP contribution >= 0.6 is 12.6 Å². The number of benzene rings is 1. The maximum atomic E-state index is 5.67. The van der Waals surface area contributed by atoms with Gasteiger partial charge in [0.1, 0.15) is 5.75 Å². The van der Waals surface area contributed by atoms with E-state index >= 15 is 0 Å². The van der Waals surface area contributed by atoms with Crippen molar-refractivity contribution in [2.24, 2.45) is 5.92 Å². The van der Waals surface area contributed by atoms with E-state index in [4.69, 9.17) is 4.74 Å². The van der Waals surface area contributed by atoms with E-state index in [2.05, 4.69) is 51.6 Å². The quantitative estimate of drug-likeness (QED) is 0.742. The maximum Gasteiger partial charge on any atom is 0.122 e. The van der Waals surface area contributed by atoms with Crippen molar-refractivity contribution in [3.8, 4) is 5.75 Å². The summed E-state index contributed by atoms with van der Waals surface area (Å²) in [4.78, 5) is 0. The first-order valence-corrected chi connectivity index (χ1v) is 7.08. The molecule has 96 valence electrons. The predicted octanol–water partition coefficient (Wildman–Crippen LogP) is 4.32. The normalized spacial score (nSPS) is 12.8. The summed E-state index contributed by atoms with van der Waals surface area (Å²) in [6, 6.07) is 6.58. The molecule has 0 fully saturated rings. The number of ether oxygens (including phenoxy) is 1. The first kappa shape index (κ1) is 14.4. The first-order chi connectivity index (χ1) is 8.08. The molecule has 0 saturated carbocycles. The van der Waals surface area contributed by atoms with Crippen LogP contribution in [-0.2, 0) is 6.42 Å². The Morgan fingerprint density at radius 2 is 1.94 bits per heavy atom. The molecule has 0 aliphatic heterocycles. The van der Waals surface area contributed by atoms with Crippen molar-refractivity contribution >= 4 is 12.6 Å². The Bertz CT molecular complexity index is 347. The van der Waals surface area contributed by atoms with Crippen LogP contribution in [0.4, 0.5) is 0 Å². The van der Waals surface area contributed by atoms with Crippen LogP contribution in [0.3, 0.4) is 0 Å². The lowest BCUT2D eigenvalue weighted by Gasteiger charge is -2.16. The van der Waals surface area contributed by atoms with E-state index in [0.29, 0.717) is 11.8 Å². The third kappa shape index (κ3) is 4.27. The van der Waals surface area contributed by atoms with E-state index in [1.54, 1.807) is 0 Å². The van der Waals surface area contributed by atoms with Gasteiger partial charge in [-0.25, -0.2) is 0 Å². The van der Waals surface area contributed by atoms with Gasteiger partial charge in [-0.15, -0.1) is 0 Å². The minimum atomic E-state index is 0.503. The Labute approximate surface area is 111 Å². The summed E-state index contributed by atoms with van der Waals surface area (Å²) in [6.07, 6.45) is 1.09. The highest BCUT2D eigenvalue weighted by atomic mass is 32.1. The fraction of sp³-hybridized carbons (Fsp3) is 0.600. The van der Waals surface area contributed by atoms with Crippen LogP contribution in [0.25, 0.3) is 0 Å². The molecule has 17 heavy (non-hydrogen) atoms. The summed E-state index contributed by atoms with van der Waals surface area (Å²) >= 11 is 4.34. The van der Waals surface area contributed by atoms with Gasteiger partial charge in [0.15, 0.2) is 0 Å². The average molecular weight is 252 g/mol. The van der Waals surface area contributed by atoms with Gasteiger partial charge in [0.2, 0.25) is 0 Å². The van der Waals surface area contributed by atoms with Gasteiger partial charge >= 0.3 is 0 Å². The van der Waals surface area contributed by atoms with Crippen molar-refractivity contribution in [1.82, 2.24) is 0 Å². The lowest BCUT2D eigenvalue weighted by molar-refractivity contribution is 0.335. The molecular formula is C15H24OS. The maximum absolute atomic E-state index is 5.67. The lowest BCUT2D eigenvalue weighted by Crippen LogP contribution is -2.04. The second kappa shape index (κ2) is 6.95. The molecule has 0 saturated heterocycles. The number of rotatable bonds is 6. The molecule has 0 bridgehead atoms. The highest BCUT2D eigenvalue weighted by Crippen LogP contribution is 2.28. The van der Waals surface area contributed by atoms with E-state index < -0.39 is 0 Å². The van der Waals surface area contributed by atoms with Crippen LogP contribution in [0.2, 0.25) is 0 Å². The summed E-state index contributed by atoms with van der Waals surface area (Å²) in [5.74, 6) is 3.09. The van der Waals surface area contributed by atoms with Crippen LogP contribution in [-0.4, -0.2) is 12.4 Å². The van der Waals surface area contributed by atoms with Gasteiger partial charge in [0, 0.05) is 0 Å². The minimum Gasteiger partial charge on any atom is -0.494 e. The molecule has 1 aromatic carbocycles. The number of hydrogen-bond acceptors (Lipinski definition) is 2. The molecule has 0 N–H and O–H groups in total. The van der Waals surface area contributed by atoms with Crippen LogP contribution in [0.1, 0.15) is 44.7 Å². The Balaban J connectivity index is 2.92. The summed E-state index contributed by atoms with van der Waals surface area (Å²) in [5.41, 5.74) is 2.70. The molecule has 0 amide bonds. The number of hydrogen-bond donors (Lipinski definition) is 1. The standard InChI is InChI=1S/C15H24OS/c1-5-16-15-7-6-13(8-12(4)10-17)9-14(15)11(2)3/h6-7,9,11-12,17H,5,8,10H2,1-4H3. The van der Waals surface area contributed by atoms with Crippen molar-refractivity contribution < 1.29 is 4.74 Å². The zero-order chi connectivity index (χ0) is 12.8. The Morgan fingerprint density at radius 3 is 2.47 bits per heavy atom. The lowest BCUT2D eigenvalue weighted by atomic mass is 9.95. The first-order valence-electron chi connectivity index (χ1n) is 6.44. The van der Waals surface area contributed by atoms with E-state index in [-0.39, 0.29) is 0 Å². The number of thiol groups is 1. The molecule has 1 unspecified atom stereocenters. The zero-order valence-corrected chi connectivity index (χ0v) is 12.3. The van der Waals surface area contributed by atoms with Gasteiger partial charge in [0.05, 0.1) is 6.61 Å². The third-order valence-electron chi connectivity index (χ3n) is 2.89. The smallest absolute Gasteiger partial charge is 0.122 e. The van der Waals surface area contributed by atoms with Crippen molar-refractivity contribution in [3.63, 3.8) is 0 Å². The molecule has 0 spiro atoms. The van der Waals surface area contributed by atoms with Crippen molar-refractivity contribution in [2.75, 3.05) is 12.4 Å². The van der Waals surface area contributed by atoms with Crippen LogP contribution < -0.4 is 4.74 Å². The van der Waals surface area contributed by atoms with Gasteiger partial charge in [-0.1, -0.05) is 32.9 Å². The monoisotopic (exact) mass is 252 g/mol. The molecule has 0 heterocycles. The van der Waals surface area contributed by atoms with Crippen LogP contribution in [0.15, 0.2) is 18.2 Å². The van der Waals surface area contributed by atoms with Crippen molar-refractivity contribution in [1.29, 1.82) is 0 Å². The third-order valence-corrected chi connectivity index (χ3v) is 3.52. The molecule has 1 rings (SSSR count). The van der Waals surface area contributed by atoms with Crippen LogP contribution in [0, 0.1) is 5.92 Å². The SMILES string of the molecule is CCOc1ccc(CC(C)CS)cc1C(C)C. The van der Waals surface area contributed by atoms with E-state index in [0.717, 1.165) is 24.5 Å². The molecule has 0 aliphatic rings. The fourth-order valence-electron chi connectivity index (χ4n) is 1.93. The van der Waals surface area contributed by atoms with Gasteiger partial charge < -0.3 is 4.74 Å². The second-order valence-electron chi connectivity index (χ2n) is 4.95. The van der Waals surface area contributed by atoms with Gasteiger partial charge in [-0.3, -0.25) is 0 Å². The highest BCUT2D eigenvalue weighted by Gasteiger charge is 2.10. The second-order valence-corrected chi connectivity index (χ2v) is 5.32. The van der Waals surface area contributed by atoms with Crippen molar-refractivity contribution in [2.45, 2.75) is 40.0 Å². The zero-order valence-electron chi connectivity index (χ0n) is 11.4. The Kier molecular flexibility index (Phi) is 5.90. The molecule has 1 atom stereocenters. The highest BCUT2D eigenvalue weighted by molar-refractivity contribution is 7.80. The van der Waals surface area contributed by atoms with Crippen LogP contribution in [0.5, 0.6) is 5.75 Å². The molecule has 2 heteroatoms. The minimum absolute atomic E-state index is 0.503. The summed E-state index contributed by atoms with van der Waals surface area (Å²) in [7, 11) is 0. The van der Waals surface area contributed by atoms with Crippen molar-refractivity contribution in [3.05, 3.63) is 29.3 Å². The van der Waals surface area contributed by atoms with Gasteiger partial charge in [-0.05, 0) is 48.1 Å². The average Bonchev–Trinajstić information content (AvgIpc) is 2.31. The summed E-state index contributed by atoms with van der Waals surface area (Å²) in [6.45, 7) is 9.42. The van der Waals surface area contributed by atoms with Gasteiger partial charge in [0.25, 0.3) is 0 Å². The van der Waals surface area contributed by atoms with E-state index in [9.17, 15) is 0 Å². The van der Waals surface area contributed by atoms with E-state index in [1.807, 2.05) is 6.92 Å². The van der Waals surface area contributed by atoms with E-state index in [1.165, 1.54) is 11.1 Å². The molecule has 1 aromatic rings. The largest absolute Gasteiger partial charge is 0.494 e. The Morgan fingerprint density at radius 1 is 1.24 bits per heavy atom. The Hall–Kier alpha value is -0.630. The fourth-order valence-corrected chi connectivity index (χ4v) is 2.06. The summed E-state index contributed by atoms with van der Waals surface area (Å²) in [5, 5.41) is 0. The molecule has 1 nitrogen and oxygen atoms in total. The molecule has 0 aliphatic carbocycles.